The van der Waals surface area contributed by atoms with Crippen molar-refractivity contribution >= 4 is 32.3 Å². The van der Waals surface area contributed by atoms with Gasteiger partial charge in [-0.1, -0.05) is 29.3 Å². The Kier molecular flexibility index (Phi) is 4.56. The minimum absolute atomic E-state index is 0.0629. The van der Waals surface area contributed by atoms with Gasteiger partial charge in [-0.3, -0.25) is 4.79 Å². The molecule has 7 heteroatoms. The van der Waals surface area contributed by atoms with Crippen LogP contribution in [0.4, 0.5) is 0 Å². The average Bonchev–Trinajstić information content (AvgIpc) is 2.48. The predicted molar refractivity (Wildman–Crippen MR) is 82.8 cm³/mol. The number of hydrogen-bond donors (Lipinski definition) is 0. The summed E-state index contributed by atoms with van der Waals surface area (Å²) < 4.78 is 24.8. The van der Waals surface area contributed by atoms with Crippen molar-refractivity contribution in [3.05, 3.63) is 70.2 Å². The second-order valence-corrected chi connectivity index (χ2v) is 6.86. The lowest BCUT2D eigenvalue weighted by molar-refractivity contribution is -0.00158. The van der Waals surface area contributed by atoms with Gasteiger partial charge in [0, 0.05) is 10.6 Å². The first-order valence-electron chi connectivity index (χ1n) is 6.20. The van der Waals surface area contributed by atoms with Gasteiger partial charge in [-0.05, 0) is 43.3 Å². The van der Waals surface area contributed by atoms with E-state index in [2.05, 4.69) is 4.79 Å². The largest absolute Gasteiger partial charge is 0.456 e. The van der Waals surface area contributed by atoms with E-state index in [0.717, 1.165) is 5.56 Å². The van der Waals surface area contributed by atoms with Crippen LogP contribution in [0.25, 0.3) is 5.53 Å². The molecule has 0 N–H and O–H groups in total. The van der Waals surface area contributed by atoms with E-state index in [-0.39, 0.29) is 10.5 Å². The van der Waals surface area contributed by atoms with E-state index in [4.69, 9.17) is 17.1 Å². The molecule has 0 saturated heterocycles. The van der Waals surface area contributed by atoms with Crippen molar-refractivity contribution in [2.45, 2.75) is 11.8 Å². The molecule has 0 heterocycles. The van der Waals surface area contributed by atoms with Gasteiger partial charge in [0.15, 0.2) is 0 Å². The molecule has 2 rings (SSSR count). The molecule has 0 spiro atoms. The highest BCUT2D eigenvalue weighted by Gasteiger charge is 2.38. The van der Waals surface area contributed by atoms with Gasteiger partial charge in [-0.2, -0.15) is 0 Å². The van der Waals surface area contributed by atoms with Crippen molar-refractivity contribution in [2.75, 3.05) is 0 Å². The quantitative estimate of drug-likeness (QED) is 0.284. The molecule has 0 amide bonds. The number of carbonyl (C=O) groups is 1. The van der Waals surface area contributed by atoms with E-state index < -0.39 is 20.7 Å². The molecule has 22 heavy (non-hydrogen) atoms. The van der Waals surface area contributed by atoms with Gasteiger partial charge in [0.25, 0.3) is 15.6 Å². The highest BCUT2D eigenvalue weighted by molar-refractivity contribution is 8.08. The van der Waals surface area contributed by atoms with E-state index in [9.17, 15) is 13.2 Å². The van der Waals surface area contributed by atoms with E-state index in [1.165, 1.54) is 36.4 Å². The zero-order valence-electron chi connectivity index (χ0n) is 11.5. The number of nitrogens with zero attached hydrogens (tertiary/aromatic N) is 2. The van der Waals surface area contributed by atoms with Crippen molar-refractivity contribution in [1.29, 1.82) is 0 Å². The standard InChI is InChI=1S/C15H11ClN2O3S/c1-10-2-8-13(9-3-10)22(20,21)15(18-17)14(19)11-4-6-12(16)7-5-11/h2-9H,1H3. The monoisotopic (exact) mass is 334 g/mol. The van der Waals surface area contributed by atoms with Crippen LogP contribution in [0.3, 0.4) is 0 Å². The summed E-state index contributed by atoms with van der Waals surface area (Å²) >= 11 is 5.72. The summed E-state index contributed by atoms with van der Waals surface area (Å²) in [6, 6.07) is 11.5. The summed E-state index contributed by atoms with van der Waals surface area (Å²) in [7, 11) is -4.21. The number of sulfone groups is 1. The average molecular weight is 335 g/mol. The zero-order valence-corrected chi connectivity index (χ0v) is 13.1. The van der Waals surface area contributed by atoms with Crippen LogP contribution in [0.15, 0.2) is 53.4 Å². The van der Waals surface area contributed by atoms with Crippen molar-refractivity contribution in [3.8, 4) is 0 Å². The summed E-state index contributed by atoms with van der Waals surface area (Å²) in [5.74, 6) is -0.903. The molecule has 2 aromatic carbocycles. The lowest BCUT2D eigenvalue weighted by Crippen LogP contribution is -2.26. The number of aryl methyl sites for hydroxylation is 1. The number of halogens is 1. The van der Waals surface area contributed by atoms with Gasteiger partial charge in [-0.15, -0.1) is 4.79 Å². The van der Waals surface area contributed by atoms with Gasteiger partial charge in [0.05, 0.1) is 4.90 Å². The van der Waals surface area contributed by atoms with Crippen molar-refractivity contribution in [3.63, 3.8) is 0 Å². The minimum Gasteiger partial charge on any atom is -0.360 e. The van der Waals surface area contributed by atoms with Gasteiger partial charge >= 0.3 is 5.04 Å². The Balaban J connectivity index is 2.47. The van der Waals surface area contributed by atoms with Crippen LogP contribution in [0.1, 0.15) is 15.9 Å². The predicted octanol–water partition coefficient (Wildman–Crippen LogP) is 2.93. The molecule has 0 aromatic heterocycles. The summed E-state index contributed by atoms with van der Waals surface area (Å²) in [4.78, 5) is 14.8. The van der Waals surface area contributed by atoms with Crippen LogP contribution < -0.4 is 0 Å². The maximum Gasteiger partial charge on any atom is 0.456 e. The second kappa shape index (κ2) is 6.23. The number of hydrogen-bond acceptors (Lipinski definition) is 3. The summed E-state index contributed by atoms with van der Waals surface area (Å²) in [5.41, 5.74) is 9.95. The van der Waals surface area contributed by atoms with Crippen molar-refractivity contribution in [1.82, 2.24) is 0 Å². The van der Waals surface area contributed by atoms with Crippen LogP contribution in [0.2, 0.25) is 5.02 Å². The molecule has 0 unspecified atom stereocenters. The molecule has 0 atom stereocenters. The SMILES string of the molecule is Cc1ccc(S(=O)(=O)C(=[N+]=[N-])C(=O)c2ccc(Cl)cc2)cc1. The molecule has 112 valence electrons. The Labute approximate surface area is 132 Å². The normalized spacial score (nSPS) is 10.8. The first-order valence-corrected chi connectivity index (χ1v) is 8.06. The zero-order chi connectivity index (χ0) is 16.3. The molecule has 0 aliphatic carbocycles. The Morgan fingerprint density at radius 3 is 2.09 bits per heavy atom. The molecule has 0 bridgehead atoms. The lowest BCUT2D eigenvalue weighted by Gasteiger charge is -2.01. The van der Waals surface area contributed by atoms with E-state index in [1.807, 2.05) is 0 Å². The molecule has 0 aliphatic rings. The number of rotatable bonds is 3. The molecule has 0 fully saturated rings. The van der Waals surface area contributed by atoms with Crippen LogP contribution >= 0.6 is 11.6 Å². The van der Waals surface area contributed by atoms with Gasteiger partial charge in [-0.25, -0.2) is 8.42 Å². The van der Waals surface area contributed by atoms with E-state index in [0.29, 0.717) is 5.02 Å². The fourth-order valence-electron chi connectivity index (χ4n) is 1.77. The number of carbonyl (C=O) groups excluding carboxylic acids is 1. The lowest BCUT2D eigenvalue weighted by atomic mass is 10.1. The second-order valence-electron chi connectivity index (χ2n) is 4.56. The Morgan fingerprint density at radius 1 is 1.05 bits per heavy atom. The summed E-state index contributed by atoms with van der Waals surface area (Å²) in [6.45, 7) is 1.80. The highest BCUT2D eigenvalue weighted by atomic mass is 35.5. The van der Waals surface area contributed by atoms with Gasteiger partial charge < -0.3 is 5.53 Å². The summed E-state index contributed by atoms with van der Waals surface area (Å²) in [6.07, 6.45) is 0. The highest BCUT2D eigenvalue weighted by Crippen LogP contribution is 2.17. The van der Waals surface area contributed by atoms with Crippen LogP contribution in [-0.4, -0.2) is 24.0 Å². The smallest absolute Gasteiger partial charge is 0.360 e. The van der Waals surface area contributed by atoms with Crippen molar-refractivity contribution < 1.29 is 18.0 Å². The molecule has 5 nitrogen and oxygen atoms in total. The fourth-order valence-corrected chi connectivity index (χ4v) is 3.09. The third-order valence-corrected chi connectivity index (χ3v) is 4.90. The Morgan fingerprint density at radius 2 is 1.59 bits per heavy atom. The fraction of sp³-hybridized carbons (Fsp3) is 0.0667. The first kappa shape index (κ1) is 16.1. The third kappa shape index (κ3) is 3.14. The van der Waals surface area contributed by atoms with E-state index >= 15 is 0 Å². The van der Waals surface area contributed by atoms with Crippen LogP contribution in [-0.2, 0) is 9.84 Å². The molecular formula is C15H11ClN2O3S. The minimum atomic E-state index is -4.21. The molecule has 0 aliphatic heterocycles. The van der Waals surface area contributed by atoms with Crippen LogP contribution in [0.5, 0.6) is 0 Å². The van der Waals surface area contributed by atoms with Gasteiger partial charge in [0.2, 0.25) is 0 Å². The molecule has 0 radical (unpaired) electrons. The molecule has 0 saturated carbocycles. The number of ketones is 1. The van der Waals surface area contributed by atoms with Crippen molar-refractivity contribution in [2.24, 2.45) is 0 Å². The molecule has 2 aromatic rings. The van der Waals surface area contributed by atoms with E-state index in [1.54, 1.807) is 19.1 Å². The number of Topliss-reactive ketones (excluding diaryl/α,β-unsaturated/α-hetero) is 1. The maximum atomic E-state index is 12.4. The maximum absolute atomic E-state index is 12.4. The third-order valence-electron chi connectivity index (χ3n) is 2.98. The first-order chi connectivity index (χ1) is 10.4. The topological polar surface area (TPSA) is 87.6 Å². The van der Waals surface area contributed by atoms with Crippen LogP contribution in [0, 0.1) is 6.92 Å². The Hall–Kier alpha value is -2.27. The molecular weight excluding hydrogens is 324 g/mol. The Bertz CT molecular complexity index is 866. The van der Waals surface area contributed by atoms with Gasteiger partial charge in [0.1, 0.15) is 0 Å². The number of benzene rings is 2. The summed E-state index contributed by atoms with van der Waals surface area (Å²) in [5, 5.41) is -0.529.